The predicted molar refractivity (Wildman–Crippen MR) is 76.5 cm³/mol. The Balaban J connectivity index is 2.64. The van der Waals surface area contributed by atoms with E-state index < -0.39 is 10.0 Å². The zero-order chi connectivity index (χ0) is 13.6. The van der Waals surface area contributed by atoms with Crippen LogP contribution in [0.2, 0.25) is 0 Å². The molecule has 0 radical (unpaired) electrons. The minimum Gasteiger partial charge on any atom is -0.320 e. The molecule has 18 heavy (non-hydrogen) atoms. The Morgan fingerprint density at radius 2 is 1.78 bits per heavy atom. The van der Waals surface area contributed by atoms with E-state index in [1.165, 1.54) is 4.31 Å². The van der Waals surface area contributed by atoms with Gasteiger partial charge in [-0.2, -0.15) is 0 Å². The molecule has 1 rings (SSSR count). The molecule has 0 heterocycles. The molecule has 1 N–H and O–H groups in total. The van der Waals surface area contributed by atoms with E-state index in [0.29, 0.717) is 12.1 Å². The second-order valence-electron chi connectivity index (χ2n) is 4.43. The fraction of sp³-hybridized carbons (Fsp3) is 0.538. The number of nitrogens with one attached hydrogen (secondary N) is 1. The van der Waals surface area contributed by atoms with E-state index in [-0.39, 0.29) is 5.75 Å². The third-order valence-corrected chi connectivity index (χ3v) is 4.74. The molecule has 0 saturated carbocycles. The van der Waals surface area contributed by atoms with Gasteiger partial charge in [0.2, 0.25) is 10.0 Å². The lowest BCUT2D eigenvalue weighted by Crippen LogP contribution is -2.29. The van der Waals surface area contributed by atoms with Crippen LogP contribution in [-0.4, -0.2) is 34.8 Å². The molecular weight excluding hydrogens is 248 g/mol. The highest BCUT2D eigenvalue weighted by atomic mass is 32.2. The highest BCUT2D eigenvalue weighted by Crippen LogP contribution is 2.17. The number of anilines is 1. The minimum absolute atomic E-state index is 0.194. The fourth-order valence-corrected chi connectivity index (χ4v) is 2.92. The Kier molecular flexibility index (Phi) is 5.62. The normalized spacial score (nSPS) is 11.5. The molecule has 0 aliphatic rings. The van der Waals surface area contributed by atoms with Crippen LogP contribution in [-0.2, 0) is 10.0 Å². The van der Waals surface area contributed by atoms with Gasteiger partial charge < -0.3 is 5.32 Å². The summed E-state index contributed by atoms with van der Waals surface area (Å²) in [6.07, 6.45) is 1.55. The summed E-state index contributed by atoms with van der Waals surface area (Å²) in [5.41, 5.74) is 1.84. The molecule has 1 aromatic carbocycles. The van der Waals surface area contributed by atoms with Crippen molar-refractivity contribution in [2.75, 3.05) is 30.7 Å². The molecule has 0 saturated heterocycles. The number of rotatable bonds is 7. The lowest BCUT2D eigenvalue weighted by molar-refractivity contribution is 0.588. The van der Waals surface area contributed by atoms with Gasteiger partial charge in [0, 0.05) is 7.05 Å². The third kappa shape index (κ3) is 4.31. The summed E-state index contributed by atoms with van der Waals surface area (Å²) in [7, 11) is 0.276. The first-order valence-electron chi connectivity index (χ1n) is 6.15. The summed E-state index contributed by atoms with van der Waals surface area (Å²) in [6.45, 7) is 2.83. The van der Waals surface area contributed by atoms with Crippen LogP contribution in [0.5, 0.6) is 0 Å². The zero-order valence-electron chi connectivity index (χ0n) is 11.3. The average molecular weight is 270 g/mol. The molecule has 0 aromatic heterocycles. The largest absolute Gasteiger partial charge is 0.320 e. The monoisotopic (exact) mass is 270 g/mol. The van der Waals surface area contributed by atoms with Gasteiger partial charge in [-0.3, -0.25) is 4.31 Å². The Morgan fingerprint density at radius 3 is 2.33 bits per heavy atom. The van der Waals surface area contributed by atoms with Gasteiger partial charge in [0.25, 0.3) is 0 Å². The van der Waals surface area contributed by atoms with Crippen molar-refractivity contribution in [1.82, 2.24) is 5.32 Å². The van der Waals surface area contributed by atoms with Gasteiger partial charge in [0.15, 0.2) is 0 Å². The number of hydrogen-bond donors (Lipinski definition) is 1. The van der Waals surface area contributed by atoms with Gasteiger partial charge in [-0.05, 0) is 45.5 Å². The molecule has 0 atom stereocenters. The van der Waals surface area contributed by atoms with Gasteiger partial charge in [0.05, 0.1) is 11.4 Å². The van der Waals surface area contributed by atoms with Crippen molar-refractivity contribution < 1.29 is 8.42 Å². The summed E-state index contributed by atoms with van der Waals surface area (Å²) in [5, 5.41) is 3.01. The van der Waals surface area contributed by atoms with Gasteiger partial charge in [0.1, 0.15) is 0 Å². The van der Waals surface area contributed by atoms with Gasteiger partial charge >= 0.3 is 0 Å². The lowest BCUT2D eigenvalue weighted by atomic mass is 10.2. The van der Waals surface area contributed by atoms with E-state index in [4.69, 9.17) is 0 Å². The Morgan fingerprint density at radius 1 is 1.17 bits per heavy atom. The third-order valence-electron chi connectivity index (χ3n) is 2.89. The molecular formula is C13H22N2O2S. The summed E-state index contributed by atoms with van der Waals surface area (Å²) in [4.78, 5) is 0. The van der Waals surface area contributed by atoms with Crippen LogP contribution in [0.25, 0.3) is 0 Å². The lowest BCUT2D eigenvalue weighted by Gasteiger charge is -2.19. The maximum atomic E-state index is 12.1. The molecule has 5 heteroatoms. The van der Waals surface area contributed by atoms with E-state index in [1.54, 1.807) is 7.05 Å². The average Bonchev–Trinajstić information content (AvgIpc) is 2.35. The number of benzene rings is 1. The first-order valence-corrected chi connectivity index (χ1v) is 7.76. The van der Waals surface area contributed by atoms with E-state index in [9.17, 15) is 8.42 Å². The maximum Gasteiger partial charge on any atom is 0.234 e. The van der Waals surface area contributed by atoms with Crippen LogP contribution in [0.3, 0.4) is 0 Å². The van der Waals surface area contributed by atoms with Crippen molar-refractivity contribution in [3.63, 3.8) is 0 Å². The second-order valence-corrected chi connectivity index (χ2v) is 6.55. The highest BCUT2D eigenvalue weighted by Gasteiger charge is 2.17. The molecule has 0 bridgehead atoms. The van der Waals surface area contributed by atoms with Crippen LogP contribution in [0.15, 0.2) is 24.3 Å². The summed E-state index contributed by atoms with van der Waals surface area (Å²) >= 11 is 0. The van der Waals surface area contributed by atoms with Gasteiger partial charge in [-0.15, -0.1) is 0 Å². The van der Waals surface area contributed by atoms with Crippen molar-refractivity contribution in [3.8, 4) is 0 Å². The van der Waals surface area contributed by atoms with Crippen LogP contribution in [0, 0.1) is 6.92 Å². The molecule has 0 spiro atoms. The van der Waals surface area contributed by atoms with Crippen molar-refractivity contribution >= 4 is 15.7 Å². The maximum absolute atomic E-state index is 12.1. The van der Waals surface area contributed by atoms with E-state index >= 15 is 0 Å². The van der Waals surface area contributed by atoms with Gasteiger partial charge in [-0.1, -0.05) is 17.7 Å². The number of sulfonamides is 1. The zero-order valence-corrected chi connectivity index (χ0v) is 12.1. The molecule has 4 nitrogen and oxygen atoms in total. The van der Waals surface area contributed by atoms with Crippen molar-refractivity contribution in [2.45, 2.75) is 19.8 Å². The molecule has 0 amide bonds. The minimum atomic E-state index is -3.20. The molecule has 0 fully saturated rings. The van der Waals surface area contributed by atoms with Gasteiger partial charge in [-0.25, -0.2) is 8.42 Å². The first-order chi connectivity index (χ1) is 8.47. The van der Waals surface area contributed by atoms with E-state index in [0.717, 1.165) is 18.5 Å². The smallest absolute Gasteiger partial charge is 0.234 e. The topological polar surface area (TPSA) is 49.4 Å². The van der Waals surface area contributed by atoms with Crippen LogP contribution in [0.4, 0.5) is 5.69 Å². The molecule has 102 valence electrons. The summed E-state index contributed by atoms with van der Waals surface area (Å²) < 4.78 is 25.5. The van der Waals surface area contributed by atoms with Crippen LogP contribution < -0.4 is 9.62 Å². The van der Waals surface area contributed by atoms with E-state index in [1.807, 2.05) is 38.2 Å². The molecule has 0 unspecified atom stereocenters. The number of nitrogens with zero attached hydrogens (tertiary/aromatic N) is 1. The van der Waals surface area contributed by atoms with Crippen LogP contribution >= 0.6 is 0 Å². The Bertz CT molecular complexity index is 454. The van der Waals surface area contributed by atoms with Crippen molar-refractivity contribution in [3.05, 3.63) is 29.8 Å². The number of aryl methyl sites for hydroxylation is 1. The van der Waals surface area contributed by atoms with E-state index in [2.05, 4.69) is 5.32 Å². The van der Waals surface area contributed by atoms with Crippen LogP contribution in [0.1, 0.15) is 18.4 Å². The quantitative estimate of drug-likeness (QED) is 0.768. The number of unbranched alkanes of at least 4 members (excludes halogenated alkanes) is 1. The molecule has 0 aliphatic carbocycles. The molecule has 1 aromatic rings. The summed E-state index contributed by atoms with van der Waals surface area (Å²) in [6, 6.07) is 7.51. The van der Waals surface area contributed by atoms with Crippen molar-refractivity contribution in [1.29, 1.82) is 0 Å². The molecule has 0 aliphatic heterocycles. The summed E-state index contributed by atoms with van der Waals surface area (Å²) in [5.74, 6) is 0.194. The SMILES string of the molecule is CNCCCCS(=O)(=O)N(C)c1ccc(C)cc1. The predicted octanol–water partition coefficient (Wildman–Crippen LogP) is 1.76. The first kappa shape index (κ1) is 15.0. The number of hydrogen-bond acceptors (Lipinski definition) is 3. The fourth-order valence-electron chi connectivity index (χ4n) is 1.64. The highest BCUT2D eigenvalue weighted by molar-refractivity contribution is 7.92. The Hall–Kier alpha value is -1.07. The second kappa shape index (κ2) is 6.75. The standard InChI is InChI=1S/C13H22N2O2S/c1-12-6-8-13(9-7-12)15(3)18(16,17)11-5-4-10-14-2/h6-9,14H,4-5,10-11H2,1-3H3. The van der Waals surface area contributed by atoms with Crippen molar-refractivity contribution in [2.24, 2.45) is 0 Å². The Labute approximate surface area is 110 Å².